The Morgan fingerprint density at radius 3 is 2.60 bits per heavy atom. The molecule has 0 radical (unpaired) electrons. The van der Waals surface area contributed by atoms with Crippen molar-refractivity contribution in [3.63, 3.8) is 0 Å². The van der Waals surface area contributed by atoms with E-state index in [1.165, 1.54) is 18.2 Å². The first-order chi connectivity index (χ1) is 9.47. The average Bonchev–Trinajstić information content (AvgIpc) is 2.82. The number of phenols is 2. The molecule has 0 spiro atoms. The molecule has 0 fully saturated rings. The molecule has 0 unspecified atom stereocenters. The zero-order valence-electron chi connectivity index (χ0n) is 11.0. The highest BCUT2D eigenvalue weighted by atomic mass is 16.3. The van der Waals surface area contributed by atoms with Gasteiger partial charge in [0.1, 0.15) is 17.3 Å². The minimum absolute atomic E-state index is 0.0471. The number of phenolic OH excluding ortho intramolecular Hbond substituents is 2. The summed E-state index contributed by atoms with van der Waals surface area (Å²) in [6.07, 6.45) is 0. The minimum atomic E-state index is -0.476. The number of rotatable bonds is 3. The highest BCUT2D eigenvalue weighted by molar-refractivity contribution is 6.02. The van der Waals surface area contributed by atoms with E-state index in [2.05, 4.69) is 10.5 Å². The van der Waals surface area contributed by atoms with Crippen LogP contribution in [0.4, 0.5) is 0 Å². The SMILES string of the molecule is C/C(=N\NC(=O)c1ccc(C)o1)c1ccc(O)cc1O. The molecule has 3 N–H and O–H groups in total. The van der Waals surface area contributed by atoms with Crippen LogP contribution in [0, 0.1) is 6.92 Å². The van der Waals surface area contributed by atoms with Crippen molar-refractivity contribution in [2.75, 3.05) is 0 Å². The van der Waals surface area contributed by atoms with Crippen LogP contribution < -0.4 is 5.43 Å². The van der Waals surface area contributed by atoms with Gasteiger partial charge in [0.25, 0.3) is 0 Å². The molecule has 1 aromatic carbocycles. The molecule has 0 atom stereocenters. The number of benzene rings is 1. The van der Waals surface area contributed by atoms with Gasteiger partial charge in [-0.25, -0.2) is 5.43 Å². The predicted octanol–water partition coefficient (Wildman–Crippen LogP) is 2.15. The van der Waals surface area contributed by atoms with Gasteiger partial charge in [-0.2, -0.15) is 5.10 Å². The number of nitrogens with zero attached hydrogens (tertiary/aromatic N) is 1. The van der Waals surface area contributed by atoms with Crippen molar-refractivity contribution in [2.24, 2.45) is 5.10 Å². The number of furan rings is 1. The number of aryl methyl sites for hydroxylation is 1. The third-order valence-electron chi connectivity index (χ3n) is 2.66. The van der Waals surface area contributed by atoms with Crippen LogP contribution in [-0.2, 0) is 0 Å². The maximum Gasteiger partial charge on any atom is 0.307 e. The highest BCUT2D eigenvalue weighted by Gasteiger charge is 2.10. The zero-order chi connectivity index (χ0) is 14.7. The standard InChI is InChI=1S/C14H14N2O4/c1-8-3-6-13(20-8)14(19)16-15-9(2)11-5-4-10(17)7-12(11)18/h3-7,17-18H,1-2H3,(H,16,19)/b15-9+. The van der Waals surface area contributed by atoms with Gasteiger partial charge in [-0.1, -0.05) is 0 Å². The number of carbonyl (C=O) groups is 1. The quantitative estimate of drug-likeness (QED) is 0.590. The normalized spacial score (nSPS) is 11.4. The fourth-order valence-corrected chi connectivity index (χ4v) is 1.63. The lowest BCUT2D eigenvalue weighted by Crippen LogP contribution is -2.18. The molecule has 0 aliphatic heterocycles. The monoisotopic (exact) mass is 274 g/mol. The topological polar surface area (TPSA) is 95.1 Å². The summed E-state index contributed by atoms with van der Waals surface area (Å²) in [5.41, 5.74) is 3.15. The van der Waals surface area contributed by atoms with Gasteiger partial charge in [-0.3, -0.25) is 4.79 Å². The fourth-order valence-electron chi connectivity index (χ4n) is 1.63. The molecule has 6 heteroatoms. The van der Waals surface area contributed by atoms with Crippen LogP contribution in [0.25, 0.3) is 0 Å². The average molecular weight is 274 g/mol. The molecule has 0 aliphatic rings. The summed E-state index contributed by atoms with van der Waals surface area (Å²) in [7, 11) is 0. The second kappa shape index (κ2) is 5.48. The molecule has 1 heterocycles. The van der Waals surface area contributed by atoms with E-state index in [1.54, 1.807) is 26.0 Å². The Morgan fingerprint density at radius 2 is 2.00 bits per heavy atom. The van der Waals surface area contributed by atoms with Crippen molar-refractivity contribution in [1.29, 1.82) is 0 Å². The maximum atomic E-state index is 11.7. The number of hydrazone groups is 1. The van der Waals surface area contributed by atoms with Crippen molar-refractivity contribution in [3.05, 3.63) is 47.4 Å². The Labute approximate surface area is 115 Å². The second-order valence-electron chi connectivity index (χ2n) is 4.25. The van der Waals surface area contributed by atoms with E-state index in [0.717, 1.165) is 0 Å². The highest BCUT2D eigenvalue weighted by Crippen LogP contribution is 2.22. The Hall–Kier alpha value is -2.76. The molecule has 6 nitrogen and oxygen atoms in total. The molecular weight excluding hydrogens is 260 g/mol. The van der Waals surface area contributed by atoms with Crippen molar-refractivity contribution in [1.82, 2.24) is 5.43 Å². The number of nitrogens with one attached hydrogen (secondary N) is 1. The van der Waals surface area contributed by atoms with Crippen LogP contribution in [0.15, 0.2) is 39.9 Å². The first-order valence-electron chi connectivity index (χ1n) is 5.91. The predicted molar refractivity (Wildman–Crippen MR) is 72.9 cm³/mol. The molecule has 20 heavy (non-hydrogen) atoms. The summed E-state index contributed by atoms with van der Waals surface area (Å²) in [5.74, 6) is 0.153. The number of aromatic hydroxyl groups is 2. The lowest BCUT2D eigenvalue weighted by molar-refractivity contribution is 0.0926. The van der Waals surface area contributed by atoms with E-state index in [9.17, 15) is 15.0 Å². The minimum Gasteiger partial charge on any atom is -0.508 e. The second-order valence-corrected chi connectivity index (χ2v) is 4.25. The first-order valence-corrected chi connectivity index (χ1v) is 5.91. The Kier molecular flexibility index (Phi) is 3.74. The molecule has 0 saturated heterocycles. The number of carbonyl (C=O) groups excluding carboxylic acids is 1. The van der Waals surface area contributed by atoms with Crippen LogP contribution in [0.2, 0.25) is 0 Å². The van der Waals surface area contributed by atoms with Crippen LogP contribution in [0.5, 0.6) is 11.5 Å². The van der Waals surface area contributed by atoms with E-state index in [-0.39, 0.29) is 17.3 Å². The number of hydrogen-bond acceptors (Lipinski definition) is 5. The molecule has 1 amide bonds. The van der Waals surface area contributed by atoms with Gasteiger partial charge in [0.05, 0.1) is 5.71 Å². The van der Waals surface area contributed by atoms with Crippen molar-refractivity contribution >= 4 is 11.6 Å². The summed E-state index contributed by atoms with van der Waals surface area (Å²) in [6, 6.07) is 7.36. The van der Waals surface area contributed by atoms with Crippen LogP contribution >= 0.6 is 0 Å². The molecule has 0 saturated carbocycles. The van der Waals surface area contributed by atoms with E-state index in [1.807, 2.05) is 0 Å². The number of amides is 1. The summed E-state index contributed by atoms with van der Waals surface area (Å²) in [6.45, 7) is 3.36. The van der Waals surface area contributed by atoms with Crippen LogP contribution in [-0.4, -0.2) is 21.8 Å². The summed E-state index contributed by atoms with van der Waals surface area (Å²) < 4.78 is 5.16. The van der Waals surface area contributed by atoms with Gasteiger partial charge in [0, 0.05) is 11.6 Å². The Balaban J connectivity index is 2.13. The molecule has 0 bridgehead atoms. The van der Waals surface area contributed by atoms with Gasteiger partial charge in [0.15, 0.2) is 5.76 Å². The van der Waals surface area contributed by atoms with Gasteiger partial charge in [0.2, 0.25) is 0 Å². The third-order valence-corrected chi connectivity index (χ3v) is 2.66. The third kappa shape index (κ3) is 2.97. The molecule has 104 valence electrons. The zero-order valence-corrected chi connectivity index (χ0v) is 11.0. The van der Waals surface area contributed by atoms with E-state index < -0.39 is 5.91 Å². The van der Waals surface area contributed by atoms with Crippen molar-refractivity contribution in [2.45, 2.75) is 13.8 Å². The van der Waals surface area contributed by atoms with E-state index >= 15 is 0 Å². The lowest BCUT2D eigenvalue weighted by atomic mass is 10.1. The lowest BCUT2D eigenvalue weighted by Gasteiger charge is -2.04. The molecule has 0 aliphatic carbocycles. The largest absolute Gasteiger partial charge is 0.508 e. The summed E-state index contributed by atoms with van der Waals surface area (Å²) in [4.78, 5) is 11.7. The van der Waals surface area contributed by atoms with E-state index in [0.29, 0.717) is 17.0 Å². The maximum absolute atomic E-state index is 11.7. The summed E-state index contributed by atoms with van der Waals surface area (Å²) >= 11 is 0. The smallest absolute Gasteiger partial charge is 0.307 e. The summed E-state index contributed by atoms with van der Waals surface area (Å²) in [5, 5.41) is 22.8. The van der Waals surface area contributed by atoms with Crippen LogP contribution in [0.1, 0.15) is 28.8 Å². The number of hydrogen-bond donors (Lipinski definition) is 3. The molecule has 1 aromatic heterocycles. The van der Waals surface area contributed by atoms with Crippen LogP contribution in [0.3, 0.4) is 0 Å². The van der Waals surface area contributed by atoms with Crippen molar-refractivity contribution in [3.8, 4) is 11.5 Å². The molecule has 2 aromatic rings. The molecule has 2 rings (SSSR count). The van der Waals surface area contributed by atoms with E-state index in [4.69, 9.17) is 4.42 Å². The fraction of sp³-hybridized carbons (Fsp3) is 0.143. The first kappa shape index (κ1) is 13.7. The van der Waals surface area contributed by atoms with Crippen molar-refractivity contribution < 1.29 is 19.4 Å². The Morgan fingerprint density at radius 1 is 1.25 bits per heavy atom. The van der Waals surface area contributed by atoms with Gasteiger partial charge in [-0.15, -0.1) is 0 Å². The molecular formula is C14H14N2O4. The Bertz CT molecular complexity index is 674. The van der Waals surface area contributed by atoms with Gasteiger partial charge < -0.3 is 14.6 Å². The van der Waals surface area contributed by atoms with Gasteiger partial charge >= 0.3 is 5.91 Å². The van der Waals surface area contributed by atoms with Gasteiger partial charge in [-0.05, 0) is 38.1 Å².